The molecular formula is C14H17ClN2. The number of nitrogens with zero attached hydrogens (tertiary/aromatic N) is 1. The first-order valence-electron chi connectivity index (χ1n) is 6.01. The Hall–Kier alpha value is -1.17. The molecule has 0 spiro atoms. The molecule has 0 saturated carbocycles. The molecule has 2 nitrogen and oxygen atoms in total. The number of benzene rings is 1. The third kappa shape index (κ3) is 3.66. The smallest absolute Gasteiger partial charge is 0.0379 e. The minimum atomic E-state index is 0.602. The molecule has 1 saturated heterocycles. The van der Waals surface area contributed by atoms with Crippen molar-refractivity contribution in [3.05, 3.63) is 29.8 Å². The van der Waals surface area contributed by atoms with Gasteiger partial charge in [-0.3, -0.25) is 0 Å². The lowest BCUT2D eigenvalue weighted by Gasteiger charge is -2.29. The van der Waals surface area contributed by atoms with E-state index in [-0.39, 0.29) is 0 Å². The number of rotatable bonds is 2. The van der Waals surface area contributed by atoms with E-state index in [1.807, 2.05) is 6.07 Å². The second kappa shape index (κ2) is 6.54. The van der Waals surface area contributed by atoms with Crippen LogP contribution in [0.25, 0.3) is 0 Å². The van der Waals surface area contributed by atoms with Crippen molar-refractivity contribution in [1.29, 1.82) is 0 Å². The van der Waals surface area contributed by atoms with Gasteiger partial charge in [-0.15, -0.1) is 11.6 Å². The van der Waals surface area contributed by atoms with Crippen LogP contribution in [-0.2, 0) is 0 Å². The second-order valence-electron chi connectivity index (χ2n) is 4.03. The minimum absolute atomic E-state index is 0.602. The van der Waals surface area contributed by atoms with Crippen LogP contribution in [0.2, 0.25) is 0 Å². The average molecular weight is 249 g/mol. The number of hydrogen-bond donors (Lipinski definition) is 1. The molecule has 1 aromatic carbocycles. The SMILES string of the molecule is ClCCC#Cc1cccc(N2CCNCC2)c1. The van der Waals surface area contributed by atoms with Crippen molar-refractivity contribution in [2.24, 2.45) is 0 Å². The molecule has 0 unspecified atom stereocenters. The summed E-state index contributed by atoms with van der Waals surface area (Å²) in [4.78, 5) is 2.39. The van der Waals surface area contributed by atoms with Crippen LogP contribution in [0, 0.1) is 11.8 Å². The van der Waals surface area contributed by atoms with E-state index in [2.05, 4.69) is 40.3 Å². The molecule has 0 atom stereocenters. The van der Waals surface area contributed by atoms with Crippen LogP contribution in [-0.4, -0.2) is 32.1 Å². The average Bonchev–Trinajstić information content (AvgIpc) is 2.41. The summed E-state index contributed by atoms with van der Waals surface area (Å²) in [5.41, 5.74) is 2.34. The maximum atomic E-state index is 5.60. The lowest BCUT2D eigenvalue weighted by atomic mass is 10.1. The zero-order valence-electron chi connectivity index (χ0n) is 9.88. The molecule has 0 aromatic heterocycles. The van der Waals surface area contributed by atoms with Crippen molar-refractivity contribution < 1.29 is 0 Å². The van der Waals surface area contributed by atoms with E-state index in [4.69, 9.17) is 11.6 Å². The van der Waals surface area contributed by atoms with E-state index in [0.717, 1.165) is 38.2 Å². The Morgan fingerprint density at radius 1 is 1.29 bits per heavy atom. The summed E-state index contributed by atoms with van der Waals surface area (Å²) in [5.74, 6) is 6.82. The number of nitrogens with one attached hydrogen (secondary N) is 1. The van der Waals surface area contributed by atoms with E-state index in [1.54, 1.807) is 0 Å². The van der Waals surface area contributed by atoms with E-state index in [1.165, 1.54) is 5.69 Å². The molecule has 1 aromatic rings. The fourth-order valence-electron chi connectivity index (χ4n) is 1.92. The van der Waals surface area contributed by atoms with Crippen LogP contribution < -0.4 is 10.2 Å². The van der Waals surface area contributed by atoms with Gasteiger partial charge in [0.05, 0.1) is 0 Å². The Labute approximate surface area is 108 Å². The first-order chi connectivity index (χ1) is 8.40. The maximum Gasteiger partial charge on any atom is 0.0379 e. The lowest BCUT2D eigenvalue weighted by molar-refractivity contribution is 0.589. The minimum Gasteiger partial charge on any atom is -0.369 e. The Kier molecular flexibility index (Phi) is 4.73. The van der Waals surface area contributed by atoms with Gasteiger partial charge in [-0.1, -0.05) is 17.9 Å². The highest BCUT2D eigenvalue weighted by Crippen LogP contribution is 2.16. The molecule has 3 heteroatoms. The molecule has 1 aliphatic heterocycles. The van der Waals surface area contributed by atoms with Gasteiger partial charge in [0.25, 0.3) is 0 Å². The highest BCUT2D eigenvalue weighted by atomic mass is 35.5. The number of halogens is 1. The Morgan fingerprint density at radius 3 is 2.88 bits per heavy atom. The Morgan fingerprint density at radius 2 is 2.12 bits per heavy atom. The summed E-state index contributed by atoms with van der Waals surface area (Å²) in [6.07, 6.45) is 0.749. The summed E-state index contributed by atoms with van der Waals surface area (Å²) < 4.78 is 0. The zero-order chi connectivity index (χ0) is 11.9. The molecule has 90 valence electrons. The Balaban J connectivity index is 2.08. The van der Waals surface area contributed by atoms with Crippen molar-refractivity contribution in [1.82, 2.24) is 5.32 Å². The first kappa shape index (κ1) is 12.3. The largest absolute Gasteiger partial charge is 0.369 e. The molecular weight excluding hydrogens is 232 g/mol. The molecule has 0 amide bonds. The fraction of sp³-hybridized carbons (Fsp3) is 0.429. The monoisotopic (exact) mass is 248 g/mol. The van der Waals surface area contributed by atoms with Gasteiger partial charge < -0.3 is 10.2 Å². The van der Waals surface area contributed by atoms with Crippen molar-refractivity contribution in [2.75, 3.05) is 37.0 Å². The van der Waals surface area contributed by atoms with Crippen molar-refractivity contribution in [3.63, 3.8) is 0 Å². The predicted molar refractivity (Wildman–Crippen MR) is 73.7 cm³/mol. The molecule has 0 bridgehead atoms. The zero-order valence-corrected chi connectivity index (χ0v) is 10.6. The standard InChI is InChI=1S/C14H17ClN2/c15-7-2-1-4-13-5-3-6-14(12-13)17-10-8-16-9-11-17/h3,5-6,12,16H,2,7-11H2. The molecule has 17 heavy (non-hydrogen) atoms. The first-order valence-corrected chi connectivity index (χ1v) is 6.54. The molecule has 1 fully saturated rings. The van der Waals surface area contributed by atoms with E-state index < -0.39 is 0 Å². The summed E-state index contributed by atoms with van der Waals surface area (Å²) in [6.45, 7) is 4.25. The molecule has 1 aliphatic rings. The molecule has 0 aliphatic carbocycles. The van der Waals surface area contributed by atoms with E-state index in [9.17, 15) is 0 Å². The van der Waals surface area contributed by atoms with Gasteiger partial charge in [-0.25, -0.2) is 0 Å². The fourth-order valence-corrected chi connectivity index (χ4v) is 2.01. The van der Waals surface area contributed by atoms with Crippen LogP contribution in [0.3, 0.4) is 0 Å². The number of hydrogen-bond acceptors (Lipinski definition) is 2. The second-order valence-corrected chi connectivity index (χ2v) is 4.41. The predicted octanol–water partition coefficient (Wildman–Crippen LogP) is 2.08. The van der Waals surface area contributed by atoms with Crippen LogP contribution in [0.15, 0.2) is 24.3 Å². The van der Waals surface area contributed by atoms with Gasteiger partial charge in [-0.05, 0) is 18.2 Å². The van der Waals surface area contributed by atoms with Gasteiger partial charge in [0.15, 0.2) is 0 Å². The quantitative estimate of drug-likeness (QED) is 0.637. The summed E-state index contributed by atoms with van der Waals surface area (Å²) >= 11 is 5.60. The highest BCUT2D eigenvalue weighted by Gasteiger charge is 2.09. The summed E-state index contributed by atoms with van der Waals surface area (Å²) in [7, 11) is 0. The number of anilines is 1. The molecule has 2 rings (SSSR count). The van der Waals surface area contributed by atoms with Crippen LogP contribution in [0.1, 0.15) is 12.0 Å². The van der Waals surface area contributed by atoms with Crippen molar-refractivity contribution in [3.8, 4) is 11.8 Å². The van der Waals surface area contributed by atoms with Crippen molar-refractivity contribution in [2.45, 2.75) is 6.42 Å². The van der Waals surface area contributed by atoms with E-state index in [0.29, 0.717) is 5.88 Å². The summed E-state index contributed by atoms with van der Waals surface area (Å²) in [6, 6.07) is 8.43. The van der Waals surface area contributed by atoms with Gasteiger partial charge in [-0.2, -0.15) is 0 Å². The normalized spacial score (nSPS) is 15.2. The molecule has 1 heterocycles. The van der Waals surface area contributed by atoms with Crippen LogP contribution >= 0.6 is 11.6 Å². The van der Waals surface area contributed by atoms with E-state index >= 15 is 0 Å². The number of alkyl halides is 1. The Bertz CT molecular complexity index is 414. The van der Waals surface area contributed by atoms with Gasteiger partial charge in [0.1, 0.15) is 0 Å². The lowest BCUT2D eigenvalue weighted by Crippen LogP contribution is -2.43. The topological polar surface area (TPSA) is 15.3 Å². The highest BCUT2D eigenvalue weighted by molar-refractivity contribution is 6.18. The van der Waals surface area contributed by atoms with Gasteiger partial charge in [0, 0.05) is 49.7 Å². The van der Waals surface area contributed by atoms with Crippen LogP contribution in [0.4, 0.5) is 5.69 Å². The number of piperazine rings is 1. The molecule has 0 radical (unpaired) electrons. The third-order valence-corrected chi connectivity index (χ3v) is 2.97. The molecule has 1 N–H and O–H groups in total. The maximum absolute atomic E-state index is 5.60. The van der Waals surface area contributed by atoms with Crippen LogP contribution in [0.5, 0.6) is 0 Å². The van der Waals surface area contributed by atoms with Gasteiger partial charge >= 0.3 is 0 Å². The van der Waals surface area contributed by atoms with Gasteiger partial charge in [0.2, 0.25) is 0 Å². The third-order valence-electron chi connectivity index (χ3n) is 2.78. The summed E-state index contributed by atoms with van der Waals surface area (Å²) in [5, 5.41) is 3.36. The van der Waals surface area contributed by atoms with Crippen molar-refractivity contribution >= 4 is 17.3 Å².